The van der Waals surface area contributed by atoms with Crippen molar-refractivity contribution in [3.05, 3.63) is 46.6 Å². The number of fused-ring (bicyclic) bond motifs is 20. The van der Waals surface area contributed by atoms with Crippen molar-refractivity contribution in [1.29, 1.82) is 0 Å². The van der Waals surface area contributed by atoms with Crippen molar-refractivity contribution in [2.75, 3.05) is 0 Å². The number of allylic oxidation sites excluding steroid dienone is 4. The molecule has 0 amide bonds. The lowest BCUT2D eigenvalue weighted by Gasteiger charge is -2.58. The lowest BCUT2D eigenvalue weighted by atomic mass is 9.47. The Labute approximate surface area is 693 Å². The van der Waals surface area contributed by atoms with Crippen LogP contribution >= 0.6 is 0 Å². The Morgan fingerprint density at radius 1 is 0.250 bits per heavy atom. The monoisotopic (exact) mass is 1550 g/mol. The maximum atomic E-state index is 10.2. The minimum Gasteiger partial charge on any atom is -0.393 e. The van der Waals surface area contributed by atoms with E-state index in [1.165, 1.54) is 231 Å². The van der Waals surface area contributed by atoms with Gasteiger partial charge >= 0.3 is 0 Å². The predicted molar refractivity (Wildman–Crippen MR) is 476 cm³/mol. The summed E-state index contributed by atoms with van der Waals surface area (Å²) in [7, 11) is 0. The Morgan fingerprint density at radius 2 is 0.446 bits per heavy atom. The van der Waals surface area contributed by atoms with Crippen LogP contribution in [0.2, 0.25) is 0 Å². The third kappa shape index (κ3) is 17.2. The first kappa shape index (κ1) is 88.6. The standard InChI is InChI=1S/4C27H46O/c4*1-18(2)7-6-8-19(3)23-11-12-24-22-10-9-20-17-21(28)13-15-26(20,4)25(22)14-16-27(23,24)5/h4*9,18-19,21-25,28H,6-8,10-17H2,1-5H3/t4*19-,21+,22+,23-,24+,25+,26+,27-/m1111/s1. The Kier molecular flexibility index (Phi) is 28.2. The zero-order chi connectivity index (χ0) is 80.4. The van der Waals surface area contributed by atoms with E-state index in [4.69, 9.17) is 0 Å². The summed E-state index contributed by atoms with van der Waals surface area (Å²) in [6.45, 7) is 50.3. The molecule has 0 spiro atoms. The van der Waals surface area contributed by atoms with Crippen LogP contribution in [0.3, 0.4) is 0 Å². The largest absolute Gasteiger partial charge is 0.393 e. The van der Waals surface area contributed by atoms with E-state index in [-0.39, 0.29) is 24.4 Å². The number of hydrogen-bond acceptors (Lipinski definition) is 4. The molecule has 0 unspecified atom stereocenters. The summed E-state index contributed by atoms with van der Waals surface area (Å²) >= 11 is 0. The average molecular weight is 1550 g/mol. The first-order valence-corrected chi connectivity index (χ1v) is 50.5. The molecule has 0 aromatic rings. The van der Waals surface area contributed by atoms with Crippen LogP contribution in [0, 0.1) is 185 Å². The first-order valence-electron chi connectivity index (χ1n) is 50.5. The summed E-state index contributed by atoms with van der Waals surface area (Å²) in [4.78, 5) is 0. The van der Waals surface area contributed by atoms with Gasteiger partial charge in [0.1, 0.15) is 0 Å². The summed E-state index contributed by atoms with van der Waals surface area (Å²) in [5.41, 5.74) is 10.4. The summed E-state index contributed by atoms with van der Waals surface area (Å²) in [5, 5.41) is 40.8. The topological polar surface area (TPSA) is 80.9 Å². The molecule has 0 radical (unpaired) electrons. The van der Waals surface area contributed by atoms with Gasteiger partial charge in [-0.1, -0.05) is 262 Å². The summed E-state index contributed by atoms with van der Waals surface area (Å²) in [5.74, 6) is 21.8. The maximum absolute atomic E-state index is 10.2. The molecule has 4 heteroatoms. The van der Waals surface area contributed by atoms with Gasteiger partial charge < -0.3 is 20.4 Å². The smallest absolute Gasteiger partial charge is 0.0577 e. The molecule has 16 aliphatic carbocycles. The van der Waals surface area contributed by atoms with Crippen molar-refractivity contribution < 1.29 is 20.4 Å². The molecule has 16 aliphatic rings. The van der Waals surface area contributed by atoms with Crippen molar-refractivity contribution in [3.63, 3.8) is 0 Å². The number of hydrogen-bond donors (Lipinski definition) is 4. The van der Waals surface area contributed by atoms with Crippen LogP contribution in [-0.2, 0) is 0 Å². The van der Waals surface area contributed by atoms with Crippen LogP contribution in [0.4, 0.5) is 0 Å². The van der Waals surface area contributed by atoms with Gasteiger partial charge in [0, 0.05) is 0 Å². The molecule has 0 aliphatic heterocycles. The van der Waals surface area contributed by atoms with Crippen LogP contribution in [0.15, 0.2) is 46.6 Å². The quantitative estimate of drug-likeness (QED) is 0.0916. The molecule has 4 N–H and O–H groups in total. The van der Waals surface area contributed by atoms with Gasteiger partial charge in [-0.2, -0.15) is 0 Å². The highest BCUT2D eigenvalue weighted by atomic mass is 16.3. The molecule has 0 saturated heterocycles. The minimum atomic E-state index is -0.0766. The third-order valence-electron chi connectivity index (χ3n) is 41.1. The fourth-order valence-corrected chi connectivity index (χ4v) is 34.7. The number of aliphatic hydroxyl groups is 4. The highest BCUT2D eigenvalue weighted by molar-refractivity contribution is 5.30. The van der Waals surface area contributed by atoms with Crippen molar-refractivity contribution in [2.45, 2.75) is 445 Å². The zero-order valence-electron chi connectivity index (χ0n) is 77.4. The Bertz CT molecular complexity index is 2780. The third-order valence-corrected chi connectivity index (χ3v) is 41.1. The lowest BCUT2D eigenvalue weighted by molar-refractivity contribution is -0.0573. The summed E-state index contributed by atoms with van der Waals surface area (Å²) in [6, 6.07) is 0. The van der Waals surface area contributed by atoms with Crippen LogP contribution in [0.25, 0.3) is 0 Å². The molecule has 640 valence electrons. The molecule has 0 bridgehead atoms. The highest BCUT2D eigenvalue weighted by Crippen LogP contribution is 2.73. The van der Waals surface area contributed by atoms with Crippen molar-refractivity contribution in [3.8, 4) is 0 Å². The second-order valence-corrected chi connectivity index (χ2v) is 48.7. The van der Waals surface area contributed by atoms with Crippen LogP contribution in [-0.4, -0.2) is 44.8 Å². The first-order chi connectivity index (χ1) is 53.0. The van der Waals surface area contributed by atoms with Crippen molar-refractivity contribution >= 4 is 0 Å². The SMILES string of the molecule is CC(C)CCC[C@@H](C)[C@H]1CC[C@H]2[C@@H]3CC=C4C[C@@H](O)CC[C@]4(C)[C@H]3CC[C@]12C.CC(C)CCC[C@@H](C)[C@H]1CC[C@H]2[C@@H]3CC=C4C[C@@H](O)CC[C@]4(C)[C@H]3CC[C@]12C.CC(C)CCC[C@@H](C)[C@H]1CC[C@H]2[C@@H]3CC=C4C[C@@H](O)CC[C@]4(C)[C@H]3CC[C@]12C.CC(C)CCC[C@@H](C)[C@H]1CC[C@H]2[C@@H]3CC=C4C[C@@H](O)CC[C@]4(C)[C@H]3CC[C@]12C. The number of aliphatic hydroxyl groups excluding tert-OH is 4. The summed E-state index contributed by atoms with van der Waals surface area (Å²) < 4.78 is 0. The lowest BCUT2D eigenvalue weighted by Crippen LogP contribution is -2.50. The van der Waals surface area contributed by atoms with E-state index in [0.29, 0.717) is 43.3 Å². The molecule has 12 fully saturated rings. The fourth-order valence-electron chi connectivity index (χ4n) is 34.7. The van der Waals surface area contributed by atoms with E-state index >= 15 is 0 Å². The molecule has 0 heterocycles. The molecule has 0 aromatic carbocycles. The Balaban J connectivity index is 0.000000131. The Hall–Kier alpha value is -1.20. The van der Waals surface area contributed by atoms with Crippen LogP contribution < -0.4 is 0 Å². The normalized spacial score (nSPS) is 46.5. The summed E-state index contributed by atoms with van der Waals surface area (Å²) in [6.07, 6.45) is 68.6. The average Bonchev–Trinajstić information content (AvgIpc) is 1.39. The van der Waals surface area contributed by atoms with E-state index in [2.05, 4.69) is 163 Å². The van der Waals surface area contributed by atoms with E-state index in [9.17, 15) is 20.4 Å². The zero-order valence-corrected chi connectivity index (χ0v) is 77.4. The molecular formula is C108H184O4. The van der Waals surface area contributed by atoms with Gasteiger partial charge in [-0.15, -0.1) is 0 Å². The molecule has 32 atom stereocenters. The predicted octanol–water partition coefficient (Wildman–Crippen LogP) is 29.6. The van der Waals surface area contributed by atoms with Gasteiger partial charge in [0.15, 0.2) is 0 Å². The molecule has 16 rings (SSSR count). The van der Waals surface area contributed by atoms with Gasteiger partial charge in [0.25, 0.3) is 0 Å². The molecular weight excluding hydrogens is 1360 g/mol. The highest BCUT2D eigenvalue weighted by Gasteiger charge is 2.64. The molecule has 0 aromatic heterocycles. The number of rotatable bonds is 20. The minimum absolute atomic E-state index is 0.0766. The maximum Gasteiger partial charge on any atom is 0.0577 e. The Morgan fingerprint density at radius 3 is 0.634 bits per heavy atom. The van der Waals surface area contributed by atoms with E-state index < -0.39 is 0 Å². The van der Waals surface area contributed by atoms with E-state index in [0.717, 1.165) is 193 Å². The molecule has 4 nitrogen and oxygen atoms in total. The van der Waals surface area contributed by atoms with Gasteiger partial charge in [-0.25, -0.2) is 0 Å². The molecule has 112 heavy (non-hydrogen) atoms. The molecule has 12 saturated carbocycles. The van der Waals surface area contributed by atoms with Gasteiger partial charge in [-0.3, -0.25) is 0 Å². The second-order valence-electron chi connectivity index (χ2n) is 48.7. The second kappa shape index (κ2) is 35.7. The van der Waals surface area contributed by atoms with Gasteiger partial charge in [-0.05, 0) is 391 Å². The van der Waals surface area contributed by atoms with Crippen LogP contribution in [0.5, 0.6) is 0 Å². The van der Waals surface area contributed by atoms with Crippen molar-refractivity contribution in [1.82, 2.24) is 0 Å². The van der Waals surface area contributed by atoms with E-state index in [1.54, 1.807) is 22.3 Å². The van der Waals surface area contributed by atoms with Crippen molar-refractivity contribution in [2.24, 2.45) is 185 Å². The van der Waals surface area contributed by atoms with Gasteiger partial charge in [0.05, 0.1) is 24.4 Å². The van der Waals surface area contributed by atoms with E-state index in [1.807, 2.05) is 0 Å². The van der Waals surface area contributed by atoms with Crippen LogP contribution in [0.1, 0.15) is 421 Å². The fraction of sp³-hybridized carbons (Fsp3) is 0.926. The van der Waals surface area contributed by atoms with Gasteiger partial charge in [0.2, 0.25) is 0 Å².